The summed E-state index contributed by atoms with van der Waals surface area (Å²) in [4.78, 5) is 34.0. The summed E-state index contributed by atoms with van der Waals surface area (Å²) < 4.78 is 11.9. The zero-order chi connectivity index (χ0) is 24.3. The van der Waals surface area contributed by atoms with Crippen LogP contribution in [0.4, 0.5) is 4.79 Å². The molecule has 34 heavy (non-hydrogen) atoms. The molecule has 1 saturated carbocycles. The zero-order valence-corrected chi connectivity index (χ0v) is 21.8. The van der Waals surface area contributed by atoms with Crippen LogP contribution in [0.3, 0.4) is 0 Å². The second-order valence-electron chi connectivity index (χ2n) is 10.6. The van der Waals surface area contributed by atoms with Gasteiger partial charge in [-0.3, -0.25) is 14.6 Å². The lowest BCUT2D eigenvalue weighted by Gasteiger charge is -2.37. The molecule has 0 bridgehead atoms. The maximum absolute atomic E-state index is 13.7. The minimum absolute atomic E-state index is 0.0187. The first-order valence-electron chi connectivity index (χ1n) is 12.6. The van der Waals surface area contributed by atoms with Crippen LogP contribution in [-0.2, 0) is 9.53 Å². The number of amides is 2. The number of nitrogens with zero attached hydrogens (tertiary/aromatic N) is 3. The van der Waals surface area contributed by atoms with Gasteiger partial charge in [-0.1, -0.05) is 6.42 Å². The van der Waals surface area contributed by atoms with Crippen molar-refractivity contribution >= 4 is 23.8 Å². The Morgan fingerprint density at radius 2 is 1.74 bits per heavy atom. The first-order valence-corrected chi connectivity index (χ1v) is 13.8. The van der Waals surface area contributed by atoms with E-state index < -0.39 is 17.7 Å². The molecular formula is C26H39N3O4S. The topological polar surface area (TPSA) is 62.3 Å². The molecule has 1 aromatic rings. The van der Waals surface area contributed by atoms with E-state index in [2.05, 4.69) is 4.90 Å². The van der Waals surface area contributed by atoms with E-state index in [9.17, 15) is 9.59 Å². The highest BCUT2D eigenvalue weighted by molar-refractivity contribution is 7.98. The first kappa shape index (κ1) is 25.2. The Morgan fingerprint density at radius 3 is 2.35 bits per heavy atom. The van der Waals surface area contributed by atoms with Gasteiger partial charge in [0.1, 0.15) is 23.5 Å². The molecule has 2 atom stereocenters. The fraction of sp³-hybridized carbons (Fsp3) is 0.692. The lowest BCUT2D eigenvalue weighted by atomic mass is 9.91. The number of carbonyl (C=O) groups is 2. The molecular weight excluding hydrogens is 450 g/mol. The predicted molar refractivity (Wildman–Crippen MR) is 134 cm³/mol. The summed E-state index contributed by atoms with van der Waals surface area (Å²) in [7, 11) is 0. The van der Waals surface area contributed by atoms with Gasteiger partial charge in [-0.25, -0.2) is 4.79 Å². The highest BCUT2D eigenvalue weighted by atomic mass is 32.2. The zero-order valence-electron chi connectivity index (χ0n) is 21.0. The summed E-state index contributed by atoms with van der Waals surface area (Å²) in [6.45, 7) is 9.31. The van der Waals surface area contributed by atoms with E-state index in [0.29, 0.717) is 19.0 Å². The maximum atomic E-state index is 13.7. The van der Waals surface area contributed by atoms with Gasteiger partial charge < -0.3 is 14.4 Å². The standard InChI is InChI=1S/C26H39N3O4S/c1-26(2,3)33-25(31)29-18-21(32-20-9-11-22(34-4)12-10-20)17-23(29)24(30)28-14-6-13-27(15-16-28)19-7-5-8-19/h9-12,19,21,23H,5-8,13-18H2,1-4H3/t21-,23+/m0/s1. The molecule has 0 N–H and O–H groups in total. The first-order chi connectivity index (χ1) is 16.2. The molecule has 4 rings (SSSR count). The van der Waals surface area contributed by atoms with E-state index >= 15 is 0 Å². The number of rotatable bonds is 5. The molecule has 0 spiro atoms. The summed E-state index contributed by atoms with van der Waals surface area (Å²) >= 11 is 1.68. The third-order valence-electron chi connectivity index (χ3n) is 6.97. The fourth-order valence-electron chi connectivity index (χ4n) is 4.97. The van der Waals surface area contributed by atoms with Gasteiger partial charge >= 0.3 is 6.09 Å². The number of carbonyl (C=O) groups excluding carboxylic acids is 2. The minimum atomic E-state index is -0.622. The highest BCUT2D eigenvalue weighted by Crippen LogP contribution is 2.29. The smallest absolute Gasteiger partial charge is 0.411 e. The predicted octanol–water partition coefficient (Wildman–Crippen LogP) is 4.25. The molecule has 3 aliphatic rings. The van der Waals surface area contributed by atoms with Gasteiger partial charge in [-0.2, -0.15) is 0 Å². The average molecular weight is 490 g/mol. The van der Waals surface area contributed by atoms with E-state index in [1.165, 1.54) is 24.2 Å². The van der Waals surface area contributed by atoms with Crippen LogP contribution in [-0.4, -0.2) is 89.5 Å². The van der Waals surface area contributed by atoms with Crippen molar-refractivity contribution in [2.24, 2.45) is 0 Å². The number of thioether (sulfide) groups is 1. The van der Waals surface area contributed by atoms with Crippen LogP contribution >= 0.6 is 11.8 Å². The largest absolute Gasteiger partial charge is 0.488 e. The Bertz CT molecular complexity index is 853. The van der Waals surface area contributed by atoms with Crippen LogP contribution in [0.5, 0.6) is 5.75 Å². The molecule has 0 unspecified atom stereocenters. The van der Waals surface area contributed by atoms with E-state index in [0.717, 1.165) is 38.3 Å². The van der Waals surface area contributed by atoms with Crippen molar-refractivity contribution in [3.63, 3.8) is 0 Å². The van der Waals surface area contributed by atoms with Gasteiger partial charge in [-0.05, 0) is 70.6 Å². The van der Waals surface area contributed by atoms with Gasteiger partial charge in [0.05, 0.1) is 6.54 Å². The van der Waals surface area contributed by atoms with Crippen molar-refractivity contribution in [3.05, 3.63) is 24.3 Å². The molecule has 0 radical (unpaired) electrons. The summed E-state index contributed by atoms with van der Waals surface area (Å²) in [5.74, 6) is 0.774. The lowest BCUT2D eigenvalue weighted by Crippen LogP contribution is -2.50. The van der Waals surface area contributed by atoms with Crippen LogP contribution in [0.2, 0.25) is 0 Å². The van der Waals surface area contributed by atoms with Crippen molar-refractivity contribution < 1.29 is 19.1 Å². The molecule has 0 aromatic heterocycles. The van der Waals surface area contributed by atoms with Crippen molar-refractivity contribution in [1.29, 1.82) is 0 Å². The Balaban J connectivity index is 1.44. The molecule has 2 amide bonds. The van der Waals surface area contributed by atoms with Crippen LogP contribution < -0.4 is 4.74 Å². The summed E-state index contributed by atoms with van der Waals surface area (Å²) in [6.07, 6.45) is 6.67. The summed E-state index contributed by atoms with van der Waals surface area (Å²) in [5.41, 5.74) is -0.622. The average Bonchev–Trinajstić information content (AvgIpc) is 3.02. The van der Waals surface area contributed by atoms with Gasteiger partial charge in [0.2, 0.25) is 5.91 Å². The van der Waals surface area contributed by atoms with Gasteiger partial charge in [0.25, 0.3) is 0 Å². The Labute approximate surface area is 208 Å². The van der Waals surface area contributed by atoms with E-state index in [1.807, 2.05) is 56.2 Å². The van der Waals surface area contributed by atoms with Crippen LogP contribution in [0.15, 0.2) is 29.2 Å². The minimum Gasteiger partial charge on any atom is -0.488 e. The molecule has 8 heteroatoms. The third-order valence-corrected chi connectivity index (χ3v) is 7.71. The fourth-order valence-corrected chi connectivity index (χ4v) is 5.38. The molecule has 2 saturated heterocycles. The number of likely N-dealkylation sites (tertiary alicyclic amines) is 1. The van der Waals surface area contributed by atoms with Crippen molar-refractivity contribution in [2.75, 3.05) is 39.0 Å². The summed E-state index contributed by atoms with van der Waals surface area (Å²) in [5, 5.41) is 0. The third kappa shape index (κ3) is 6.19. The van der Waals surface area contributed by atoms with Crippen molar-refractivity contribution in [3.8, 4) is 5.75 Å². The molecule has 2 heterocycles. The number of ether oxygens (including phenoxy) is 2. The quantitative estimate of drug-likeness (QED) is 0.576. The van der Waals surface area contributed by atoms with E-state index in [-0.39, 0.29) is 12.0 Å². The molecule has 2 aliphatic heterocycles. The van der Waals surface area contributed by atoms with Crippen LogP contribution in [0.1, 0.15) is 52.9 Å². The SMILES string of the molecule is CSc1ccc(O[C@H]2C[C@H](C(=O)N3CCCN(C4CCC4)CC3)N(C(=O)OC(C)(C)C)C2)cc1. The van der Waals surface area contributed by atoms with Crippen molar-refractivity contribution in [1.82, 2.24) is 14.7 Å². The monoisotopic (exact) mass is 489 g/mol. The lowest BCUT2D eigenvalue weighted by molar-refractivity contribution is -0.135. The molecule has 7 nitrogen and oxygen atoms in total. The molecule has 188 valence electrons. The molecule has 1 aliphatic carbocycles. The Morgan fingerprint density at radius 1 is 1.00 bits per heavy atom. The van der Waals surface area contributed by atoms with E-state index in [4.69, 9.17) is 9.47 Å². The normalized spacial score (nSPS) is 24.5. The molecule has 3 fully saturated rings. The second-order valence-corrected chi connectivity index (χ2v) is 11.5. The summed E-state index contributed by atoms with van der Waals surface area (Å²) in [6, 6.07) is 8.07. The van der Waals surface area contributed by atoms with Crippen molar-refractivity contribution in [2.45, 2.75) is 81.6 Å². The van der Waals surface area contributed by atoms with E-state index in [1.54, 1.807) is 16.7 Å². The highest BCUT2D eigenvalue weighted by Gasteiger charge is 2.44. The Kier molecular flexibility index (Phi) is 7.97. The number of benzene rings is 1. The maximum Gasteiger partial charge on any atom is 0.411 e. The van der Waals surface area contributed by atoms with Crippen LogP contribution in [0.25, 0.3) is 0 Å². The Hall–Kier alpha value is -1.93. The van der Waals surface area contributed by atoms with Crippen LogP contribution in [0, 0.1) is 0 Å². The van der Waals surface area contributed by atoms with Gasteiger partial charge in [0.15, 0.2) is 0 Å². The number of hydrogen-bond acceptors (Lipinski definition) is 6. The van der Waals surface area contributed by atoms with Gasteiger partial charge in [-0.15, -0.1) is 11.8 Å². The number of hydrogen-bond donors (Lipinski definition) is 0. The molecule has 1 aromatic carbocycles. The van der Waals surface area contributed by atoms with Gasteiger partial charge in [0, 0.05) is 43.5 Å². The second kappa shape index (κ2) is 10.8.